The van der Waals surface area contributed by atoms with Gasteiger partial charge in [0.2, 0.25) is 5.88 Å². The molecule has 7 heteroatoms. The smallest absolute Gasteiger partial charge is 0.272 e. The first-order valence-electron chi connectivity index (χ1n) is 8.13. The summed E-state index contributed by atoms with van der Waals surface area (Å²) in [7, 11) is 0. The van der Waals surface area contributed by atoms with E-state index >= 15 is 0 Å². The number of aryl methyl sites for hydroxylation is 1. The van der Waals surface area contributed by atoms with E-state index in [1.165, 1.54) is 0 Å². The van der Waals surface area contributed by atoms with Crippen molar-refractivity contribution in [2.24, 2.45) is 0 Å². The lowest BCUT2D eigenvalue weighted by molar-refractivity contribution is 0.0763. The van der Waals surface area contributed by atoms with E-state index in [2.05, 4.69) is 25.9 Å². The lowest BCUT2D eigenvalue weighted by Gasteiger charge is -2.17. The summed E-state index contributed by atoms with van der Waals surface area (Å²) in [4.78, 5) is 23.5. The van der Waals surface area contributed by atoms with Crippen LogP contribution in [0.1, 0.15) is 22.6 Å². The predicted octanol–water partition coefficient (Wildman–Crippen LogP) is 3.09. The second-order valence-electron chi connectivity index (χ2n) is 6.04. The molecule has 0 aliphatic carbocycles. The Morgan fingerprint density at radius 1 is 1.32 bits per heavy atom. The number of carbonyl (C=O) groups is 1. The van der Waals surface area contributed by atoms with Gasteiger partial charge >= 0.3 is 0 Å². The molecule has 1 aliphatic rings. The van der Waals surface area contributed by atoms with Gasteiger partial charge in [-0.25, -0.2) is 9.97 Å². The molecule has 3 aromatic rings. The lowest BCUT2D eigenvalue weighted by atomic mass is 10.3. The fourth-order valence-electron chi connectivity index (χ4n) is 3.15. The molecule has 6 nitrogen and oxygen atoms in total. The van der Waals surface area contributed by atoms with Gasteiger partial charge in [0, 0.05) is 25.4 Å². The Kier molecular flexibility index (Phi) is 4.17. The normalized spacial score (nSPS) is 17.2. The number of aromatic nitrogens is 3. The Bertz CT molecular complexity index is 940. The number of hydrogen-bond donors (Lipinski definition) is 0. The van der Waals surface area contributed by atoms with Gasteiger partial charge in [0.15, 0.2) is 0 Å². The van der Waals surface area contributed by atoms with Gasteiger partial charge in [-0.05, 0) is 47.1 Å². The van der Waals surface area contributed by atoms with Crippen LogP contribution in [0.2, 0.25) is 0 Å². The predicted molar refractivity (Wildman–Crippen MR) is 96.8 cm³/mol. The van der Waals surface area contributed by atoms with Crippen LogP contribution in [0.4, 0.5) is 0 Å². The van der Waals surface area contributed by atoms with Gasteiger partial charge in [-0.15, -0.1) is 0 Å². The third-order valence-corrected chi connectivity index (χ3v) is 4.95. The van der Waals surface area contributed by atoms with Crippen molar-refractivity contribution in [2.75, 3.05) is 13.1 Å². The molecule has 0 aromatic carbocycles. The number of rotatable bonds is 3. The monoisotopic (exact) mass is 400 g/mol. The van der Waals surface area contributed by atoms with Crippen molar-refractivity contribution in [3.05, 3.63) is 58.6 Å². The molecule has 0 radical (unpaired) electrons. The van der Waals surface area contributed by atoms with Gasteiger partial charge in [-0.2, -0.15) is 0 Å². The molecule has 1 saturated heterocycles. The molecule has 1 atom stereocenters. The van der Waals surface area contributed by atoms with Crippen molar-refractivity contribution in [2.45, 2.75) is 19.4 Å². The number of imidazole rings is 1. The van der Waals surface area contributed by atoms with E-state index in [0.717, 1.165) is 22.2 Å². The Balaban J connectivity index is 1.52. The highest BCUT2D eigenvalue weighted by Gasteiger charge is 2.31. The van der Waals surface area contributed by atoms with Gasteiger partial charge in [-0.3, -0.25) is 9.20 Å². The molecule has 1 fully saturated rings. The number of carbonyl (C=O) groups excluding carboxylic acids is 1. The average molecular weight is 401 g/mol. The number of ether oxygens (including phenoxy) is 1. The summed E-state index contributed by atoms with van der Waals surface area (Å²) in [6.07, 6.45) is 4.29. The van der Waals surface area contributed by atoms with Crippen molar-refractivity contribution in [3.8, 4) is 5.88 Å². The Labute approximate surface area is 153 Å². The fourth-order valence-corrected chi connectivity index (χ4v) is 3.49. The molecule has 0 spiro atoms. The van der Waals surface area contributed by atoms with Crippen LogP contribution in [0.3, 0.4) is 0 Å². The fraction of sp³-hybridized carbons (Fsp3) is 0.278. The first-order chi connectivity index (χ1) is 12.1. The van der Waals surface area contributed by atoms with Crippen molar-refractivity contribution >= 4 is 27.5 Å². The number of halogens is 1. The summed E-state index contributed by atoms with van der Waals surface area (Å²) in [6, 6.07) is 9.45. The summed E-state index contributed by atoms with van der Waals surface area (Å²) in [6.45, 7) is 3.07. The Morgan fingerprint density at radius 2 is 2.20 bits per heavy atom. The van der Waals surface area contributed by atoms with Crippen LogP contribution in [0.15, 0.2) is 47.2 Å². The standard InChI is InChI=1S/C18H17BrN4O2/c1-12-16(23-9-3-2-6-15(23)21-12)18(24)22-10-7-13(11-22)25-17-14(19)5-4-8-20-17/h2-6,8-9,13H,7,10-11H2,1H3. The van der Waals surface area contributed by atoms with E-state index in [0.29, 0.717) is 24.7 Å². The molecule has 3 aromatic heterocycles. The number of nitrogens with zero attached hydrogens (tertiary/aromatic N) is 4. The van der Waals surface area contributed by atoms with Crippen LogP contribution in [0.5, 0.6) is 5.88 Å². The SMILES string of the molecule is Cc1nc2ccccn2c1C(=O)N1CCC(Oc2ncccc2Br)C1. The highest BCUT2D eigenvalue weighted by Crippen LogP contribution is 2.25. The first kappa shape index (κ1) is 16.1. The minimum absolute atomic E-state index is 0.0117. The molecule has 1 amide bonds. The summed E-state index contributed by atoms with van der Waals surface area (Å²) >= 11 is 3.44. The molecule has 4 heterocycles. The van der Waals surface area contributed by atoms with E-state index < -0.39 is 0 Å². The molecule has 4 rings (SSSR count). The van der Waals surface area contributed by atoms with E-state index in [1.807, 2.05) is 52.8 Å². The summed E-state index contributed by atoms with van der Waals surface area (Å²) < 4.78 is 8.61. The Hall–Kier alpha value is -2.41. The number of pyridine rings is 2. The summed E-state index contributed by atoms with van der Waals surface area (Å²) in [5.74, 6) is 0.551. The molecule has 0 bridgehead atoms. The zero-order valence-electron chi connectivity index (χ0n) is 13.7. The zero-order valence-corrected chi connectivity index (χ0v) is 15.3. The largest absolute Gasteiger partial charge is 0.472 e. The lowest BCUT2D eigenvalue weighted by Crippen LogP contribution is -2.32. The van der Waals surface area contributed by atoms with Crippen LogP contribution >= 0.6 is 15.9 Å². The van der Waals surface area contributed by atoms with Gasteiger partial charge in [0.05, 0.1) is 16.7 Å². The molecule has 1 aliphatic heterocycles. The highest BCUT2D eigenvalue weighted by molar-refractivity contribution is 9.10. The van der Waals surface area contributed by atoms with Gasteiger partial charge < -0.3 is 9.64 Å². The van der Waals surface area contributed by atoms with E-state index in [1.54, 1.807) is 6.20 Å². The topological polar surface area (TPSA) is 59.7 Å². The van der Waals surface area contributed by atoms with Crippen LogP contribution in [0.25, 0.3) is 5.65 Å². The van der Waals surface area contributed by atoms with Crippen molar-refractivity contribution < 1.29 is 9.53 Å². The molecule has 25 heavy (non-hydrogen) atoms. The van der Waals surface area contributed by atoms with Crippen LogP contribution < -0.4 is 4.74 Å². The van der Waals surface area contributed by atoms with E-state index in [9.17, 15) is 4.79 Å². The van der Waals surface area contributed by atoms with Crippen LogP contribution in [-0.2, 0) is 0 Å². The second-order valence-corrected chi connectivity index (χ2v) is 6.90. The molecular weight excluding hydrogens is 384 g/mol. The average Bonchev–Trinajstić information content (AvgIpc) is 3.20. The van der Waals surface area contributed by atoms with E-state index in [4.69, 9.17) is 4.74 Å². The maximum absolute atomic E-state index is 13.0. The van der Waals surface area contributed by atoms with Crippen LogP contribution in [0, 0.1) is 6.92 Å². The second kappa shape index (κ2) is 6.48. The summed E-state index contributed by atoms with van der Waals surface area (Å²) in [5.41, 5.74) is 2.15. The number of amides is 1. The van der Waals surface area contributed by atoms with Crippen LogP contribution in [-0.4, -0.2) is 44.4 Å². The van der Waals surface area contributed by atoms with Gasteiger partial charge in [0.1, 0.15) is 17.4 Å². The molecule has 128 valence electrons. The quantitative estimate of drug-likeness (QED) is 0.677. The minimum Gasteiger partial charge on any atom is -0.472 e. The summed E-state index contributed by atoms with van der Waals surface area (Å²) in [5, 5.41) is 0. The molecular formula is C18H17BrN4O2. The number of fused-ring (bicyclic) bond motifs is 1. The van der Waals surface area contributed by atoms with Crippen molar-refractivity contribution in [1.29, 1.82) is 0 Å². The van der Waals surface area contributed by atoms with Gasteiger partial charge in [-0.1, -0.05) is 6.07 Å². The molecule has 1 unspecified atom stereocenters. The van der Waals surface area contributed by atoms with Gasteiger partial charge in [0.25, 0.3) is 5.91 Å². The minimum atomic E-state index is -0.0605. The molecule has 0 saturated carbocycles. The maximum atomic E-state index is 13.0. The highest BCUT2D eigenvalue weighted by atomic mass is 79.9. The first-order valence-corrected chi connectivity index (χ1v) is 8.93. The Morgan fingerprint density at radius 3 is 3.04 bits per heavy atom. The van der Waals surface area contributed by atoms with E-state index in [-0.39, 0.29) is 12.0 Å². The number of likely N-dealkylation sites (tertiary alicyclic amines) is 1. The zero-order chi connectivity index (χ0) is 17.4. The maximum Gasteiger partial charge on any atom is 0.272 e. The van der Waals surface area contributed by atoms with Crippen molar-refractivity contribution in [1.82, 2.24) is 19.3 Å². The molecule has 0 N–H and O–H groups in total. The van der Waals surface area contributed by atoms with Crippen molar-refractivity contribution in [3.63, 3.8) is 0 Å². The third-order valence-electron chi connectivity index (χ3n) is 4.34. The number of hydrogen-bond acceptors (Lipinski definition) is 4. The third kappa shape index (κ3) is 3.00.